The molecule has 0 amide bonds. The second kappa shape index (κ2) is 5.07. The van der Waals surface area contributed by atoms with Gasteiger partial charge in [0.1, 0.15) is 0 Å². The Morgan fingerprint density at radius 2 is 1.72 bits per heavy atom. The number of rotatable bonds is 4. The molecular formula is C16H30N2. The van der Waals surface area contributed by atoms with Gasteiger partial charge in [-0.15, -0.1) is 0 Å². The summed E-state index contributed by atoms with van der Waals surface area (Å²) in [5.41, 5.74) is 2.90. The Bertz CT molecular complexity index is 392. The summed E-state index contributed by atoms with van der Waals surface area (Å²) in [5.74, 6) is 0.672. The van der Waals surface area contributed by atoms with Gasteiger partial charge in [0.15, 0.2) is 0 Å². The van der Waals surface area contributed by atoms with Gasteiger partial charge in [-0.2, -0.15) is 5.10 Å². The molecule has 0 spiro atoms. The summed E-state index contributed by atoms with van der Waals surface area (Å²) in [6, 6.07) is 2.24. The maximum atomic E-state index is 4.74. The van der Waals surface area contributed by atoms with Crippen molar-refractivity contribution in [1.29, 1.82) is 0 Å². The molecule has 18 heavy (non-hydrogen) atoms. The first-order chi connectivity index (χ1) is 8.01. The molecule has 2 nitrogen and oxygen atoms in total. The molecule has 0 aromatic carbocycles. The van der Waals surface area contributed by atoms with Crippen molar-refractivity contribution in [2.24, 2.45) is 11.3 Å². The lowest BCUT2D eigenvalue weighted by molar-refractivity contribution is 0.192. The van der Waals surface area contributed by atoms with Crippen molar-refractivity contribution in [3.05, 3.63) is 17.5 Å². The Morgan fingerprint density at radius 1 is 1.17 bits per heavy atom. The molecule has 0 aliphatic carbocycles. The highest BCUT2D eigenvalue weighted by Crippen LogP contribution is 2.33. The van der Waals surface area contributed by atoms with E-state index in [1.165, 1.54) is 5.69 Å². The van der Waals surface area contributed by atoms with Crippen LogP contribution in [-0.4, -0.2) is 9.78 Å². The van der Waals surface area contributed by atoms with Gasteiger partial charge in [0.25, 0.3) is 0 Å². The van der Waals surface area contributed by atoms with Crippen molar-refractivity contribution in [3.8, 4) is 0 Å². The maximum Gasteiger partial charge on any atom is 0.0596 e. The highest BCUT2D eigenvalue weighted by atomic mass is 15.3. The summed E-state index contributed by atoms with van der Waals surface area (Å²) in [6.07, 6.45) is 2.24. The van der Waals surface area contributed by atoms with Crippen LogP contribution in [0.15, 0.2) is 6.07 Å². The maximum absolute atomic E-state index is 4.74. The zero-order chi connectivity index (χ0) is 14.1. The summed E-state index contributed by atoms with van der Waals surface area (Å²) < 4.78 is 2.26. The first-order valence-electron chi connectivity index (χ1n) is 7.07. The lowest BCUT2D eigenvalue weighted by Crippen LogP contribution is -2.34. The molecular weight excluding hydrogens is 220 g/mol. The van der Waals surface area contributed by atoms with Crippen LogP contribution in [0.4, 0.5) is 0 Å². The van der Waals surface area contributed by atoms with E-state index in [9.17, 15) is 0 Å². The van der Waals surface area contributed by atoms with Gasteiger partial charge in [-0.1, -0.05) is 34.6 Å². The third-order valence-electron chi connectivity index (χ3n) is 3.06. The van der Waals surface area contributed by atoms with Crippen LogP contribution in [0.3, 0.4) is 0 Å². The van der Waals surface area contributed by atoms with Crippen molar-refractivity contribution in [3.63, 3.8) is 0 Å². The van der Waals surface area contributed by atoms with Gasteiger partial charge in [0.2, 0.25) is 0 Å². The third-order valence-corrected chi connectivity index (χ3v) is 3.06. The predicted molar refractivity (Wildman–Crippen MR) is 78.9 cm³/mol. The second-order valence-electron chi connectivity index (χ2n) is 7.84. The fraction of sp³-hybridized carbons (Fsp3) is 0.812. The summed E-state index contributed by atoms with van der Waals surface area (Å²) in [7, 11) is 0. The van der Waals surface area contributed by atoms with Gasteiger partial charge >= 0.3 is 0 Å². The summed E-state index contributed by atoms with van der Waals surface area (Å²) in [4.78, 5) is 0. The highest BCUT2D eigenvalue weighted by molar-refractivity contribution is 5.12. The lowest BCUT2D eigenvalue weighted by atomic mass is 9.81. The van der Waals surface area contributed by atoms with Gasteiger partial charge in [-0.05, 0) is 51.0 Å². The van der Waals surface area contributed by atoms with Gasteiger partial charge in [-0.25, -0.2) is 0 Å². The van der Waals surface area contributed by atoms with E-state index >= 15 is 0 Å². The molecule has 0 saturated carbocycles. The third kappa shape index (κ3) is 4.15. The van der Waals surface area contributed by atoms with Crippen LogP contribution >= 0.6 is 0 Å². The monoisotopic (exact) mass is 250 g/mol. The summed E-state index contributed by atoms with van der Waals surface area (Å²) in [5, 5.41) is 4.74. The zero-order valence-electron chi connectivity index (χ0n) is 13.5. The van der Waals surface area contributed by atoms with Gasteiger partial charge in [0.05, 0.1) is 11.2 Å². The fourth-order valence-electron chi connectivity index (χ4n) is 3.01. The molecule has 0 N–H and O–H groups in total. The van der Waals surface area contributed by atoms with Crippen LogP contribution in [0.1, 0.15) is 66.3 Å². The fourth-order valence-corrected chi connectivity index (χ4v) is 3.01. The van der Waals surface area contributed by atoms with E-state index in [-0.39, 0.29) is 5.54 Å². The zero-order valence-corrected chi connectivity index (χ0v) is 13.5. The first kappa shape index (κ1) is 15.3. The summed E-state index contributed by atoms with van der Waals surface area (Å²) in [6.45, 7) is 18.1. The molecule has 0 aliphatic heterocycles. The second-order valence-corrected chi connectivity index (χ2v) is 7.84. The molecule has 2 heteroatoms. The minimum absolute atomic E-state index is 0.0801. The number of nitrogens with zero attached hydrogens (tertiary/aromatic N) is 2. The number of aryl methyl sites for hydroxylation is 1. The smallest absolute Gasteiger partial charge is 0.0596 e. The van der Waals surface area contributed by atoms with Crippen molar-refractivity contribution in [2.45, 2.75) is 73.8 Å². The molecule has 0 radical (unpaired) electrons. The van der Waals surface area contributed by atoms with E-state index in [4.69, 9.17) is 5.10 Å². The molecule has 0 bridgehead atoms. The average molecular weight is 250 g/mol. The normalized spacial score (nSPS) is 13.4. The Hall–Kier alpha value is -0.790. The van der Waals surface area contributed by atoms with Crippen molar-refractivity contribution in [1.82, 2.24) is 9.78 Å². The number of hydrogen-bond donors (Lipinski definition) is 0. The Kier molecular flexibility index (Phi) is 4.30. The molecule has 0 saturated heterocycles. The molecule has 0 fully saturated rings. The predicted octanol–water partition coefficient (Wildman–Crippen LogP) is 4.56. The Morgan fingerprint density at radius 3 is 2.17 bits per heavy atom. The van der Waals surface area contributed by atoms with Gasteiger partial charge in [0, 0.05) is 5.69 Å². The molecule has 1 aromatic heterocycles. The highest BCUT2D eigenvalue weighted by Gasteiger charge is 2.29. The van der Waals surface area contributed by atoms with E-state index in [0.717, 1.165) is 18.5 Å². The van der Waals surface area contributed by atoms with Crippen LogP contribution in [0.5, 0.6) is 0 Å². The first-order valence-corrected chi connectivity index (χ1v) is 7.07. The van der Waals surface area contributed by atoms with E-state index < -0.39 is 0 Å². The summed E-state index contributed by atoms with van der Waals surface area (Å²) >= 11 is 0. The largest absolute Gasteiger partial charge is 0.264 e. The van der Waals surface area contributed by atoms with E-state index in [1.807, 2.05) is 0 Å². The molecule has 1 heterocycles. The molecule has 1 rings (SSSR count). The van der Waals surface area contributed by atoms with E-state index in [0.29, 0.717) is 11.3 Å². The number of hydrogen-bond acceptors (Lipinski definition) is 1. The Labute approximate surface area is 113 Å². The number of aromatic nitrogens is 2. The molecule has 0 atom stereocenters. The molecule has 104 valence electrons. The van der Waals surface area contributed by atoms with Crippen LogP contribution in [0.2, 0.25) is 0 Å². The van der Waals surface area contributed by atoms with Crippen molar-refractivity contribution in [2.75, 3.05) is 0 Å². The van der Waals surface area contributed by atoms with Crippen LogP contribution in [0.25, 0.3) is 0 Å². The molecule has 1 aromatic rings. The lowest BCUT2D eigenvalue weighted by Gasteiger charge is -2.34. The van der Waals surface area contributed by atoms with Crippen molar-refractivity contribution >= 4 is 0 Å². The SMILES string of the molecule is Cc1cc(CC(C)C)n(C(C)(C)CC(C)(C)C)n1. The molecule has 0 aliphatic rings. The van der Waals surface area contributed by atoms with Crippen LogP contribution < -0.4 is 0 Å². The van der Waals surface area contributed by atoms with E-state index in [1.54, 1.807) is 0 Å². The van der Waals surface area contributed by atoms with Crippen LogP contribution in [-0.2, 0) is 12.0 Å². The minimum Gasteiger partial charge on any atom is -0.264 e. The van der Waals surface area contributed by atoms with Gasteiger partial charge < -0.3 is 0 Å². The standard InChI is InChI=1S/C16H30N2/c1-12(2)9-14-10-13(3)17-18(14)16(7,8)11-15(4,5)6/h10,12H,9,11H2,1-8H3. The molecule has 0 unspecified atom stereocenters. The quantitative estimate of drug-likeness (QED) is 0.766. The topological polar surface area (TPSA) is 17.8 Å². The average Bonchev–Trinajstić information content (AvgIpc) is 2.41. The van der Waals surface area contributed by atoms with E-state index in [2.05, 4.69) is 66.1 Å². The Balaban J connectivity index is 3.07. The van der Waals surface area contributed by atoms with Crippen molar-refractivity contribution < 1.29 is 0 Å². The minimum atomic E-state index is 0.0801. The van der Waals surface area contributed by atoms with Crippen LogP contribution in [0, 0.1) is 18.3 Å². The van der Waals surface area contributed by atoms with Gasteiger partial charge in [-0.3, -0.25) is 4.68 Å².